The van der Waals surface area contributed by atoms with Gasteiger partial charge in [0.15, 0.2) is 0 Å². The molecule has 0 radical (unpaired) electrons. The van der Waals surface area contributed by atoms with Crippen LogP contribution in [0.4, 0.5) is 5.82 Å². The van der Waals surface area contributed by atoms with E-state index in [1.807, 2.05) is 32.3 Å². The fourth-order valence-corrected chi connectivity index (χ4v) is 2.91. The highest BCUT2D eigenvalue weighted by atomic mass is 35.5. The molecule has 0 bridgehead atoms. The van der Waals surface area contributed by atoms with Crippen molar-refractivity contribution >= 4 is 23.8 Å². The number of anilines is 1. The monoisotopic (exact) mass is 390 g/mol. The first-order valence-corrected chi connectivity index (χ1v) is 9.62. The van der Waals surface area contributed by atoms with Crippen molar-refractivity contribution in [2.75, 3.05) is 25.0 Å². The third kappa shape index (κ3) is 8.89. The number of primary amides is 1. The minimum Gasteiger partial charge on any atom is -0.372 e. The number of carbonyl (C=O) groups excluding carboxylic acids is 1. The third-order valence-electron chi connectivity index (χ3n) is 4.18. The fourth-order valence-electron chi connectivity index (χ4n) is 2.79. The van der Waals surface area contributed by atoms with Gasteiger partial charge in [-0.15, -0.1) is 0 Å². The zero-order valence-electron chi connectivity index (χ0n) is 16.5. The Bertz CT molecular complexity index is 670. The number of nitrogens with zero attached hydrogens (tertiary/aromatic N) is 2. The number of rotatable bonds is 3. The van der Waals surface area contributed by atoms with Crippen LogP contribution in [-0.2, 0) is 11.3 Å². The van der Waals surface area contributed by atoms with Crippen LogP contribution in [0.2, 0.25) is 5.02 Å². The molecule has 5 nitrogen and oxygen atoms in total. The van der Waals surface area contributed by atoms with Gasteiger partial charge in [0.2, 0.25) is 6.41 Å². The van der Waals surface area contributed by atoms with Gasteiger partial charge in [0.1, 0.15) is 5.82 Å². The molecule has 1 fully saturated rings. The molecule has 0 unspecified atom stereocenters. The molecule has 2 heterocycles. The molecule has 1 aliphatic heterocycles. The minimum atomic E-state index is 0.250. The van der Waals surface area contributed by atoms with Gasteiger partial charge < -0.3 is 16.0 Å². The van der Waals surface area contributed by atoms with Crippen molar-refractivity contribution < 1.29 is 4.79 Å². The molecule has 1 saturated heterocycles. The molecule has 6 heteroatoms. The number of piperidine rings is 1. The van der Waals surface area contributed by atoms with Gasteiger partial charge in [0.25, 0.3) is 0 Å². The van der Waals surface area contributed by atoms with Crippen LogP contribution >= 0.6 is 11.6 Å². The van der Waals surface area contributed by atoms with Crippen molar-refractivity contribution in [2.24, 2.45) is 5.73 Å². The normalized spacial score (nSPS) is 13.0. The summed E-state index contributed by atoms with van der Waals surface area (Å²) in [4.78, 5) is 15.4. The van der Waals surface area contributed by atoms with Crippen molar-refractivity contribution in [1.82, 2.24) is 10.3 Å². The number of aryl methyl sites for hydroxylation is 2. The second-order valence-electron chi connectivity index (χ2n) is 6.49. The van der Waals surface area contributed by atoms with Gasteiger partial charge in [-0.25, -0.2) is 4.98 Å². The standard InChI is InChI=1S/C11H16N2.C9H12ClN.CH3NO/c1-10-5-6-11(12-9-10)13-7-3-2-4-8-13;1-7-5-8(6-11-2)3-4-9(7)10;2-1-3/h5-6,9H,2-4,7-8H2,1H3;3-5,11H,6H2,1-2H3;1H,(H2,2,3). The first-order valence-electron chi connectivity index (χ1n) is 9.24. The van der Waals surface area contributed by atoms with Gasteiger partial charge in [-0.3, -0.25) is 4.79 Å². The van der Waals surface area contributed by atoms with Crippen LogP contribution in [0.15, 0.2) is 36.5 Å². The minimum absolute atomic E-state index is 0.250. The summed E-state index contributed by atoms with van der Waals surface area (Å²) in [6.07, 6.45) is 6.21. The number of pyridine rings is 1. The van der Waals surface area contributed by atoms with Gasteiger partial charge in [0, 0.05) is 30.9 Å². The van der Waals surface area contributed by atoms with E-state index in [2.05, 4.69) is 46.1 Å². The van der Waals surface area contributed by atoms with Gasteiger partial charge in [-0.05, 0) is 69.0 Å². The summed E-state index contributed by atoms with van der Waals surface area (Å²) in [5, 5.41) is 3.93. The Kier molecular flexibility index (Phi) is 11.1. The average molecular weight is 391 g/mol. The summed E-state index contributed by atoms with van der Waals surface area (Å²) in [6, 6.07) is 10.3. The molecule has 3 rings (SSSR count). The van der Waals surface area contributed by atoms with Gasteiger partial charge in [0.05, 0.1) is 0 Å². The maximum absolute atomic E-state index is 8.58. The second-order valence-corrected chi connectivity index (χ2v) is 6.90. The van der Waals surface area contributed by atoms with Crippen LogP contribution < -0.4 is 16.0 Å². The number of amides is 1. The summed E-state index contributed by atoms with van der Waals surface area (Å²) >= 11 is 5.86. The number of aromatic nitrogens is 1. The van der Waals surface area contributed by atoms with E-state index in [0.29, 0.717) is 0 Å². The molecule has 0 atom stereocenters. The highest BCUT2D eigenvalue weighted by Gasteiger charge is 2.10. The van der Waals surface area contributed by atoms with Crippen molar-refractivity contribution in [2.45, 2.75) is 39.7 Å². The number of nitrogens with two attached hydrogens (primary N) is 1. The molecule has 3 N–H and O–H groups in total. The van der Waals surface area contributed by atoms with E-state index in [4.69, 9.17) is 16.4 Å². The van der Waals surface area contributed by atoms with E-state index < -0.39 is 0 Å². The zero-order valence-corrected chi connectivity index (χ0v) is 17.3. The fraction of sp³-hybridized carbons (Fsp3) is 0.429. The number of halogens is 1. The summed E-state index contributed by atoms with van der Waals surface area (Å²) in [7, 11) is 1.93. The predicted molar refractivity (Wildman–Crippen MR) is 114 cm³/mol. The summed E-state index contributed by atoms with van der Waals surface area (Å²) in [5.74, 6) is 1.14. The number of nitrogens with one attached hydrogen (secondary N) is 1. The number of benzene rings is 1. The van der Waals surface area contributed by atoms with E-state index in [1.165, 1.54) is 43.5 Å². The van der Waals surface area contributed by atoms with Crippen LogP contribution in [0.5, 0.6) is 0 Å². The third-order valence-corrected chi connectivity index (χ3v) is 4.60. The molecule has 27 heavy (non-hydrogen) atoms. The SMILES string of the molecule is CNCc1ccc(Cl)c(C)c1.Cc1ccc(N2CCCCC2)nc1.NC=O. The van der Waals surface area contributed by atoms with E-state index >= 15 is 0 Å². The Balaban J connectivity index is 0.000000239. The van der Waals surface area contributed by atoms with E-state index in [-0.39, 0.29) is 6.41 Å². The Labute approximate surface area is 167 Å². The summed E-state index contributed by atoms with van der Waals surface area (Å²) < 4.78 is 0. The Morgan fingerprint density at radius 3 is 2.37 bits per heavy atom. The van der Waals surface area contributed by atoms with Crippen LogP contribution in [-0.4, -0.2) is 31.5 Å². The molecule has 148 valence electrons. The Morgan fingerprint density at radius 2 is 1.85 bits per heavy atom. The number of carbonyl (C=O) groups is 1. The van der Waals surface area contributed by atoms with Crippen LogP contribution in [0.3, 0.4) is 0 Å². The second kappa shape index (κ2) is 13.1. The molecule has 1 aromatic carbocycles. The lowest BCUT2D eigenvalue weighted by Crippen LogP contribution is -2.29. The van der Waals surface area contributed by atoms with Gasteiger partial charge in [-0.2, -0.15) is 0 Å². The Hall–Kier alpha value is -2.11. The van der Waals surface area contributed by atoms with Gasteiger partial charge >= 0.3 is 0 Å². The average Bonchev–Trinajstić information content (AvgIpc) is 2.67. The Morgan fingerprint density at radius 1 is 1.19 bits per heavy atom. The smallest absolute Gasteiger partial charge is 0.204 e. The van der Waals surface area contributed by atoms with Crippen LogP contribution in [0.1, 0.15) is 36.0 Å². The predicted octanol–water partition coefficient (Wildman–Crippen LogP) is 3.85. The highest BCUT2D eigenvalue weighted by Crippen LogP contribution is 2.17. The maximum Gasteiger partial charge on any atom is 0.204 e. The van der Waals surface area contributed by atoms with E-state index in [0.717, 1.165) is 22.9 Å². The quantitative estimate of drug-likeness (QED) is 0.781. The largest absolute Gasteiger partial charge is 0.372 e. The molecule has 0 saturated carbocycles. The van der Waals surface area contributed by atoms with Crippen LogP contribution in [0.25, 0.3) is 0 Å². The molecular formula is C21H31ClN4O. The summed E-state index contributed by atoms with van der Waals surface area (Å²) in [5.41, 5.74) is 7.81. The zero-order chi connectivity index (χ0) is 20.1. The molecule has 1 aliphatic rings. The summed E-state index contributed by atoms with van der Waals surface area (Å²) in [6.45, 7) is 7.35. The van der Waals surface area contributed by atoms with E-state index in [1.54, 1.807) is 0 Å². The van der Waals surface area contributed by atoms with Crippen molar-refractivity contribution in [1.29, 1.82) is 0 Å². The molecule has 0 spiro atoms. The lowest BCUT2D eigenvalue weighted by molar-refractivity contribution is -0.106. The topological polar surface area (TPSA) is 71.2 Å². The number of hydrogen-bond acceptors (Lipinski definition) is 4. The molecule has 0 aliphatic carbocycles. The number of hydrogen-bond donors (Lipinski definition) is 2. The molecule has 2 aromatic rings. The van der Waals surface area contributed by atoms with E-state index in [9.17, 15) is 0 Å². The van der Waals surface area contributed by atoms with Crippen molar-refractivity contribution in [3.63, 3.8) is 0 Å². The van der Waals surface area contributed by atoms with Gasteiger partial charge in [-0.1, -0.05) is 29.8 Å². The lowest BCUT2D eigenvalue weighted by atomic mass is 10.1. The molecule has 1 amide bonds. The molecular weight excluding hydrogens is 360 g/mol. The van der Waals surface area contributed by atoms with Crippen LogP contribution in [0, 0.1) is 13.8 Å². The first-order chi connectivity index (χ1) is 13.0. The van der Waals surface area contributed by atoms with Crippen molar-refractivity contribution in [3.8, 4) is 0 Å². The first kappa shape index (κ1) is 22.9. The maximum atomic E-state index is 8.58. The highest BCUT2D eigenvalue weighted by molar-refractivity contribution is 6.31. The van der Waals surface area contributed by atoms with Crippen molar-refractivity contribution in [3.05, 3.63) is 58.2 Å². The lowest BCUT2D eigenvalue weighted by Gasteiger charge is -2.27. The molecule has 1 aromatic heterocycles.